The zero-order chi connectivity index (χ0) is 15.9. The van der Waals surface area contributed by atoms with Gasteiger partial charge in [-0.3, -0.25) is 0 Å². The molecule has 1 rings (SSSR count). The number of benzene rings is 1. The number of nitrogens with two attached hydrogens (primary N) is 1. The highest BCUT2D eigenvalue weighted by molar-refractivity contribution is 7.89. The van der Waals surface area contributed by atoms with Crippen molar-refractivity contribution in [3.8, 4) is 0 Å². The number of aliphatic hydroxyl groups excluding tert-OH is 1. The summed E-state index contributed by atoms with van der Waals surface area (Å²) in [5.41, 5.74) is 5.90. The molecule has 3 N–H and O–H groups in total. The van der Waals surface area contributed by atoms with Crippen molar-refractivity contribution in [1.29, 1.82) is 0 Å². The van der Waals surface area contributed by atoms with Crippen LogP contribution in [-0.2, 0) is 10.0 Å². The first-order valence-electron chi connectivity index (χ1n) is 7.09. The van der Waals surface area contributed by atoms with Crippen LogP contribution in [0.3, 0.4) is 0 Å². The van der Waals surface area contributed by atoms with Gasteiger partial charge in [-0.05, 0) is 24.6 Å². The van der Waals surface area contributed by atoms with Crippen LogP contribution in [0.4, 0.5) is 5.69 Å². The van der Waals surface area contributed by atoms with Crippen molar-refractivity contribution < 1.29 is 13.5 Å². The molecule has 0 unspecified atom stereocenters. The average molecular weight is 335 g/mol. The molecule has 0 atom stereocenters. The summed E-state index contributed by atoms with van der Waals surface area (Å²) in [4.78, 5) is 0.105. The molecule has 0 bridgehead atoms. The fourth-order valence-electron chi connectivity index (χ4n) is 2.01. The molecule has 21 heavy (non-hydrogen) atoms. The molecule has 0 aromatic heterocycles. The Morgan fingerprint density at radius 1 is 1.24 bits per heavy atom. The standard InChI is InChI=1S/C14H23ClN2O3S/c1-2-3-4-5-8-17(9-10-18)21(19,20)12-6-7-13(15)14(16)11-12/h6-7,11,18H,2-5,8-10,16H2,1H3. The van der Waals surface area contributed by atoms with E-state index in [0.29, 0.717) is 11.6 Å². The second kappa shape index (κ2) is 8.58. The highest BCUT2D eigenvalue weighted by Crippen LogP contribution is 2.24. The third-order valence-corrected chi connectivity index (χ3v) is 5.45. The summed E-state index contributed by atoms with van der Waals surface area (Å²) < 4.78 is 26.4. The summed E-state index contributed by atoms with van der Waals surface area (Å²) >= 11 is 5.82. The van der Waals surface area contributed by atoms with Crippen LogP contribution in [0, 0.1) is 0 Å². The molecular formula is C14H23ClN2O3S. The van der Waals surface area contributed by atoms with Crippen molar-refractivity contribution in [2.45, 2.75) is 37.5 Å². The van der Waals surface area contributed by atoms with E-state index >= 15 is 0 Å². The number of rotatable bonds is 9. The van der Waals surface area contributed by atoms with E-state index in [1.165, 1.54) is 22.5 Å². The van der Waals surface area contributed by atoms with Crippen molar-refractivity contribution in [3.05, 3.63) is 23.2 Å². The highest BCUT2D eigenvalue weighted by atomic mass is 35.5. The van der Waals surface area contributed by atoms with Gasteiger partial charge >= 0.3 is 0 Å². The minimum atomic E-state index is -3.65. The molecule has 120 valence electrons. The number of aliphatic hydroxyl groups is 1. The molecule has 0 saturated carbocycles. The van der Waals surface area contributed by atoms with Crippen LogP contribution in [0.15, 0.2) is 23.1 Å². The van der Waals surface area contributed by atoms with E-state index < -0.39 is 10.0 Å². The molecule has 0 aliphatic rings. The lowest BCUT2D eigenvalue weighted by atomic mass is 10.2. The molecule has 0 spiro atoms. The summed E-state index contributed by atoms with van der Waals surface area (Å²) in [6.07, 6.45) is 3.90. The van der Waals surface area contributed by atoms with Crippen molar-refractivity contribution >= 4 is 27.3 Å². The lowest BCUT2D eigenvalue weighted by Gasteiger charge is -2.21. The van der Waals surface area contributed by atoms with Gasteiger partial charge in [0.1, 0.15) is 0 Å². The molecule has 1 aromatic rings. The minimum Gasteiger partial charge on any atom is -0.397 e. The first-order chi connectivity index (χ1) is 9.93. The molecule has 1 aromatic carbocycles. The van der Waals surface area contributed by atoms with Crippen LogP contribution in [0.5, 0.6) is 0 Å². The van der Waals surface area contributed by atoms with Gasteiger partial charge in [-0.2, -0.15) is 4.31 Å². The number of hydrogen-bond donors (Lipinski definition) is 2. The van der Waals surface area contributed by atoms with Crippen LogP contribution < -0.4 is 5.73 Å². The molecule has 0 aliphatic carbocycles. The lowest BCUT2D eigenvalue weighted by Crippen LogP contribution is -2.34. The molecule has 0 saturated heterocycles. The van der Waals surface area contributed by atoms with Gasteiger partial charge in [0, 0.05) is 13.1 Å². The molecule has 0 radical (unpaired) electrons. The zero-order valence-electron chi connectivity index (χ0n) is 12.3. The number of nitrogen functional groups attached to an aromatic ring is 1. The van der Waals surface area contributed by atoms with Gasteiger partial charge in [0.2, 0.25) is 10.0 Å². The molecule has 5 nitrogen and oxygen atoms in total. The summed E-state index contributed by atoms with van der Waals surface area (Å²) in [6, 6.07) is 4.26. The molecule has 7 heteroatoms. The van der Waals surface area contributed by atoms with E-state index in [1.54, 1.807) is 0 Å². The molecule has 0 amide bonds. The van der Waals surface area contributed by atoms with E-state index in [0.717, 1.165) is 25.7 Å². The van der Waals surface area contributed by atoms with Gasteiger partial charge in [-0.25, -0.2) is 8.42 Å². The number of anilines is 1. The van der Waals surface area contributed by atoms with Crippen molar-refractivity contribution in [2.75, 3.05) is 25.4 Å². The van der Waals surface area contributed by atoms with Gasteiger partial charge in [0.25, 0.3) is 0 Å². The first-order valence-corrected chi connectivity index (χ1v) is 8.91. The maximum atomic E-state index is 12.6. The maximum Gasteiger partial charge on any atom is 0.243 e. The fourth-order valence-corrected chi connectivity index (χ4v) is 3.63. The van der Waals surface area contributed by atoms with Gasteiger partial charge in [-0.1, -0.05) is 37.8 Å². The molecular weight excluding hydrogens is 312 g/mol. The van der Waals surface area contributed by atoms with E-state index in [1.807, 2.05) is 0 Å². The second-order valence-electron chi connectivity index (χ2n) is 4.87. The summed E-state index contributed by atoms with van der Waals surface area (Å²) in [6.45, 7) is 2.36. The number of hydrogen-bond acceptors (Lipinski definition) is 4. The molecule has 0 fully saturated rings. The Bertz CT molecular complexity index is 549. The normalized spacial score (nSPS) is 12.0. The third-order valence-electron chi connectivity index (χ3n) is 3.22. The summed E-state index contributed by atoms with van der Waals surface area (Å²) in [7, 11) is -3.65. The van der Waals surface area contributed by atoms with Crippen LogP contribution >= 0.6 is 11.6 Å². The van der Waals surface area contributed by atoms with Gasteiger partial charge in [0.05, 0.1) is 22.2 Å². The van der Waals surface area contributed by atoms with Crippen molar-refractivity contribution in [1.82, 2.24) is 4.31 Å². The van der Waals surface area contributed by atoms with Crippen LogP contribution in [0.2, 0.25) is 5.02 Å². The lowest BCUT2D eigenvalue weighted by molar-refractivity contribution is 0.251. The monoisotopic (exact) mass is 334 g/mol. The number of halogens is 1. The van der Waals surface area contributed by atoms with Crippen molar-refractivity contribution in [3.63, 3.8) is 0 Å². The number of unbranched alkanes of at least 4 members (excludes halogenated alkanes) is 3. The van der Waals surface area contributed by atoms with Crippen molar-refractivity contribution in [2.24, 2.45) is 0 Å². The maximum absolute atomic E-state index is 12.6. The quantitative estimate of drug-likeness (QED) is 0.537. The fraction of sp³-hybridized carbons (Fsp3) is 0.571. The Labute approximate surface area is 131 Å². The second-order valence-corrected chi connectivity index (χ2v) is 7.22. The Morgan fingerprint density at radius 2 is 1.95 bits per heavy atom. The first kappa shape index (κ1) is 18.2. The van der Waals surface area contributed by atoms with Crippen LogP contribution in [-0.4, -0.2) is 37.5 Å². The van der Waals surface area contributed by atoms with E-state index in [-0.39, 0.29) is 23.7 Å². The topological polar surface area (TPSA) is 83.6 Å². The Morgan fingerprint density at radius 3 is 2.52 bits per heavy atom. The SMILES string of the molecule is CCCCCCN(CCO)S(=O)(=O)c1ccc(Cl)c(N)c1. The number of nitrogens with zero attached hydrogens (tertiary/aromatic N) is 1. The highest BCUT2D eigenvalue weighted by Gasteiger charge is 2.24. The predicted octanol–water partition coefficient (Wildman–Crippen LogP) is 2.49. The minimum absolute atomic E-state index is 0.0803. The predicted molar refractivity (Wildman–Crippen MR) is 85.9 cm³/mol. The zero-order valence-corrected chi connectivity index (χ0v) is 13.8. The van der Waals surface area contributed by atoms with Gasteiger partial charge in [-0.15, -0.1) is 0 Å². The number of sulfonamides is 1. The van der Waals surface area contributed by atoms with E-state index in [9.17, 15) is 8.42 Å². The summed E-state index contributed by atoms with van der Waals surface area (Å²) in [5, 5.41) is 9.42. The van der Waals surface area contributed by atoms with Gasteiger partial charge < -0.3 is 10.8 Å². The Balaban J connectivity index is 2.90. The molecule has 0 aliphatic heterocycles. The Hall–Kier alpha value is -0.820. The van der Waals surface area contributed by atoms with Crippen LogP contribution in [0.1, 0.15) is 32.6 Å². The smallest absolute Gasteiger partial charge is 0.243 e. The van der Waals surface area contributed by atoms with E-state index in [4.69, 9.17) is 22.4 Å². The third kappa shape index (κ3) is 5.14. The largest absolute Gasteiger partial charge is 0.397 e. The van der Waals surface area contributed by atoms with E-state index in [2.05, 4.69) is 6.92 Å². The van der Waals surface area contributed by atoms with Gasteiger partial charge in [0.15, 0.2) is 0 Å². The van der Waals surface area contributed by atoms with Crippen LogP contribution in [0.25, 0.3) is 0 Å². The average Bonchev–Trinajstić information content (AvgIpc) is 2.45. The Kier molecular flexibility index (Phi) is 7.45. The molecule has 0 heterocycles. The summed E-state index contributed by atoms with van der Waals surface area (Å²) in [5.74, 6) is 0.